The molecule has 9 heavy (non-hydrogen) atoms. The van der Waals surface area contributed by atoms with Crippen LogP contribution in [-0.4, -0.2) is 0 Å². The van der Waals surface area contributed by atoms with Gasteiger partial charge in [0.2, 0.25) is 0 Å². The quantitative estimate of drug-likeness (QED) is 0.497. The predicted octanol–water partition coefficient (Wildman–Crippen LogP) is 3.41. The molecule has 0 spiro atoms. The first-order valence-electron chi connectivity index (χ1n) is 3.56. The molecule has 0 aliphatic heterocycles. The van der Waals surface area contributed by atoms with E-state index in [1.54, 1.807) is 0 Å². The van der Waals surface area contributed by atoms with Gasteiger partial charge in [-0.25, -0.2) is 0 Å². The summed E-state index contributed by atoms with van der Waals surface area (Å²) in [7, 11) is 0. The zero-order chi connectivity index (χ0) is 7.70. The van der Waals surface area contributed by atoms with Crippen LogP contribution < -0.4 is 0 Å². The van der Waals surface area contributed by atoms with Crippen molar-refractivity contribution in [3.8, 4) is 0 Å². The van der Waals surface area contributed by atoms with Crippen molar-refractivity contribution in [1.29, 1.82) is 0 Å². The Hall–Kier alpha value is -0.520. The monoisotopic (exact) mass is 126 g/mol. The van der Waals surface area contributed by atoms with Crippen molar-refractivity contribution in [3.63, 3.8) is 0 Å². The summed E-state index contributed by atoms with van der Waals surface area (Å²) in [6, 6.07) is 0. The van der Waals surface area contributed by atoms with Gasteiger partial charge in [-0.2, -0.15) is 0 Å². The largest absolute Gasteiger partial charge is 0.102 e. The van der Waals surface area contributed by atoms with Gasteiger partial charge in [0.05, 0.1) is 0 Å². The van der Waals surface area contributed by atoms with E-state index in [4.69, 9.17) is 0 Å². The normalized spacial score (nSPS) is 12.0. The third-order valence-corrected chi connectivity index (χ3v) is 0.868. The highest BCUT2D eigenvalue weighted by Gasteiger charge is 1.81. The second kappa shape index (κ2) is 10.5. The lowest BCUT2D eigenvalue weighted by molar-refractivity contribution is 0.941. The van der Waals surface area contributed by atoms with Gasteiger partial charge in [0, 0.05) is 0 Å². The predicted molar refractivity (Wildman–Crippen MR) is 45.5 cm³/mol. The van der Waals surface area contributed by atoms with E-state index in [2.05, 4.69) is 19.6 Å². The average molecular weight is 126 g/mol. The molecule has 0 heterocycles. The third kappa shape index (κ3) is 11.2. The van der Waals surface area contributed by atoms with Gasteiger partial charge in [-0.1, -0.05) is 39.0 Å². The molecule has 0 nitrogen and oxygen atoms in total. The van der Waals surface area contributed by atoms with Crippen molar-refractivity contribution in [3.05, 3.63) is 24.8 Å². The van der Waals surface area contributed by atoms with Crippen LogP contribution in [0.2, 0.25) is 0 Å². The topological polar surface area (TPSA) is 0 Å². The summed E-state index contributed by atoms with van der Waals surface area (Å²) in [5.41, 5.74) is 0. The summed E-state index contributed by atoms with van der Waals surface area (Å²) in [6.07, 6.45) is 6.05. The highest BCUT2D eigenvalue weighted by molar-refractivity contribution is 4.92. The van der Waals surface area contributed by atoms with E-state index in [9.17, 15) is 0 Å². The van der Waals surface area contributed by atoms with Crippen LogP contribution in [0, 0.1) is 5.92 Å². The molecule has 0 aliphatic rings. The molecule has 0 heteroatoms. The minimum atomic E-state index is 0.532. The van der Waals surface area contributed by atoms with E-state index >= 15 is 0 Å². The van der Waals surface area contributed by atoms with Crippen molar-refractivity contribution in [2.75, 3.05) is 0 Å². The first-order chi connectivity index (χ1) is 4.31. The van der Waals surface area contributed by atoms with Crippen LogP contribution in [0.25, 0.3) is 0 Å². The Bertz CT molecular complexity index is 70.1. The number of hydrogen-bond acceptors (Lipinski definition) is 0. The molecule has 0 aromatic rings. The summed E-state index contributed by atoms with van der Waals surface area (Å²) in [6.45, 7) is 11.7. The lowest BCUT2D eigenvalue weighted by atomic mass is 10.2. The van der Waals surface area contributed by atoms with Crippen LogP contribution >= 0.6 is 0 Å². The third-order valence-electron chi connectivity index (χ3n) is 0.868. The van der Waals surface area contributed by atoms with Gasteiger partial charge in [0.15, 0.2) is 0 Å². The van der Waals surface area contributed by atoms with Crippen LogP contribution in [0.1, 0.15) is 27.7 Å². The Balaban J connectivity index is 0. The number of hydrogen-bond donors (Lipinski definition) is 0. The van der Waals surface area contributed by atoms with Crippen molar-refractivity contribution in [2.24, 2.45) is 5.92 Å². The molecular formula is C9H18. The molecule has 0 N–H and O–H groups in total. The molecule has 0 aromatic carbocycles. The smallest absolute Gasteiger partial charge is 0.00847 e. The average Bonchev–Trinajstić information content (AvgIpc) is 1.93. The van der Waals surface area contributed by atoms with Gasteiger partial charge in [0.1, 0.15) is 0 Å². The molecule has 1 atom stereocenters. The maximum atomic E-state index is 3.63. The Labute approximate surface area is 59.3 Å². The lowest BCUT2D eigenvalue weighted by Crippen LogP contribution is -1.76. The summed E-state index contributed by atoms with van der Waals surface area (Å²) < 4.78 is 0. The van der Waals surface area contributed by atoms with Gasteiger partial charge in [-0.05, 0) is 12.8 Å². The molecule has 0 fully saturated rings. The van der Waals surface area contributed by atoms with Crippen molar-refractivity contribution in [1.82, 2.24) is 0 Å². The molecule has 1 unspecified atom stereocenters. The number of allylic oxidation sites excluding steroid dienone is 3. The molecule has 0 radical (unpaired) electrons. The van der Waals surface area contributed by atoms with E-state index in [1.807, 2.05) is 32.9 Å². The van der Waals surface area contributed by atoms with Crippen LogP contribution in [0.5, 0.6) is 0 Å². The highest BCUT2D eigenvalue weighted by Crippen LogP contribution is 1.95. The molecular weight excluding hydrogens is 108 g/mol. The lowest BCUT2D eigenvalue weighted by Gasteiger charge is -1.90. The van der Waals surface area contributed by atoms with Gasteiger partial charge in [-0.15, -0.1) is 6.58 Å². The maximum Gasteiger partial charge on any atom is -0.00847 e. The summed E-state index contributed by atoms with van der Waals surface area (Å²) in [4.78, 5) is 0. The minimum absolute atomic E-state index is 0.532. The van der Waals surface area contributed by atoms with Crippen LogP contribution in [0.3, 0.4) is 0 Å². The fraction of sp³-hybridized carbons (Fsp3) is 0.556. The number of rotatable bonds is 2. The van der Waals surface area contributed by atoms with Gasteiger partial charge in [0.25, 0.3) is 0 Å². The van der Waals surface area contributed by atoms with E-state index in [-0.39, 0.29) is 0 Å². The van der Waals surface area contributed by atoms with Crippen LogP contribution in [-0.2, 0) is 0 Å². The Morgan fingerprint density at radius 1 is 1.33 bits per heavy atom. The Morgan fingerprint density at radius 3 is 1.89 bits per heavy atom. The maximum absolute atomic E-state index is 3.63. The second-order valence-corrected chi connectivity index (χ2v) is 1.62. The molecule has 0 aliphatic carbocycles. The fourth-order valence-corrected chi connectivity index (χ4v) is 0.382. The van der Waals surface area contributed by atoms with E-state index < -0.39 is 0 Å². The van der Waals surface area contributed by atoms with Gasteiger partial charge in [-0.3, -0.25) is 0 Å². The second-order valence-electron chi connectivity index (χ2n) is 1.62. The van der Waals surface area contributed by atoms with E-state index in [0.717, 1.165) is 0 Å². The van der Waals surface area contributed by atoms with Crippen molar-refractivity contribution < 1.29 is 0 Å². The fourth-order valence-electron chi connectivity index (χ4n) is 0.382. The summed E-state index contributed by atoms with van der Waals surface area (Å²) in [5, 5.41) is 0. The molecule has 0 amide bonds. The molecule has 0 rings (SSSR count). The first kappa shape index (κ1) is 11.3. The zero-order valence-electron chi connectivity index (χ0n) is 7.02. The molecule has 0 saturated heterocycles. The van der Waals surface area contributed by atoms with Crippen LogP contribution in [0.4, 0.5) is 0 Å². The van der Waals surface area contributed by atoms with E-state index in [0.29, 0.717) is 5.92 Å². The molecule has 0 bridgehead atoms. The van der Waals surface area contributed by atoms with E-state index in [1.165, 1.54) is 0 Å². The van der Waals surface area contributed by atoms with Gasteiger partial charge >= 0.3 is 0 Å². The summed E-state index contributed by atoms with van der Waals surface area (Å²) in [5.74, 6) is 0.532. The molecule has 0 saturated carbocycles. The van der Waals surface area contributed by atoms with Crippen LogP contribution in [0.15, 0.2) is 24.8 Å². The highest BCUT2D eigenvalue weighted by atomic mass is 13.9. The standard InChI is InChI=1S/C7H12.C2H6/c1-4-6-7(3)5-2;1-2/h4-7H,2H2,1,3H3;1-2H3/b6-4-;. The SMILES string of the molecule is C=CC(C)/C=C\C.CC. The minimum Gasteiger partial charge on any atom is -0.102 e. The first-order valence-corrected chi connectivity index (χ1v) is 3.56. The Morgan fingerprint density at radius 2 is 1.78 bits per heavy atom. The van der Waals surface area contributed by atoms with Gasteiger partial charge < -0.3 is 0 Å². The zero-order valence-corrected chi connectivity index (χ0v) is 7.02. The Kier molecular flexibility index (Phi) is 13.1. The summed E-state index contributed by atoms with van der Waals surface area (Å²) >= 11 is 0. The van der Waals surface area contributed by atoms with Crippen molar-refractivity contribution in [2.45, 2.75) is 27.7 Å². The van der Waals surface area contributed by atoms with Crippen molar-refractivity contribution >= 4 is 0 Å². The molecule has 54 valence electrons. The molecule has 0 aromatic heterocycles.